The minimum atomic E-state index is -3.76. The highest BCUT2D eigenvalue weighted by Gasteiger charge is 2.22. The number of aromatic nitrogens is 3. The van der Waals surface area contributed by atoms with Gasteiger partial charge in [0.05, 0.1) is 23.3 Å². The van der Waals surface area contributed by atoms with E-state index in [1.165, 1.54) is 12.3 Å². The van der Waals surface area contributed by atoms with Crippen LogP contribution in [0.3, 0.4) is 0 Å². The molecule has 0 saturated carbocycles. The summed E-state index contributed by atoms with van der Waals surface area (Å²) < 4.78 is 41.0. The lowest BCUT2D eigenvalue weighted by Crippen LogP contribution is -2.15. The standard InChI is InChI=1S/C17H18FN5O2S/c1-11-17(12(2)22-21-11)26(24,25)23-14-7-8-16(20-10-14)19-9-13-5-3-4-6-15(13)18/h3-8,10,23H,9H2,1-2H3,(H,19,20)(H,21,22). The normalized spacial score (nSPS) is 11.3. The van der Waals surface area contributed by atoms with Gasteiger partial charge >= 0.3 is 0 Å². The van der Waals surface area contributed by atoms with Gasteiger partial charge in [-0.15, -0.1) is 0 Å². The fourth-order valence-corrected chi connectivity index (χ4v) is 3.95. The van der Waals surface area contributed by atoms with Gasteiger partial charge in [0.1, 0.15) is 16.5 Å². The van der Waals surface area contributed by atoms with Crippen molar-refractivity contribution in [3.8, 4) is 0 Å². The van der Waals surface area contributed by atoms with Gasteiger partial charge in [0, 0.05) is 12.1 Å². The zero-order valence-electron chi connectivity index (χ0n) is 14.2. The van der Waals surface area contributed by atoms with E-state index >= 15 is 0 Å². The Balaban J connectivity index is 1.69. The predicted molar refractivity (Wildman–Crippen MR) is 96.8 cm³/mol. The Morgan fingerprint density at radius 1 is 1.15 bits per heavy atom. The van der Waals surface area contributed by atoms with Crippen molar-refractivity contribution in [2.24, 2.45) is 0 Å². The zero-order chi connectivity index (χ0) is 18.7. The molecule has 3 rings (SSSR count). The highest BCUT2D eigenvalue weighted by atomic mass is 32.2. The molecule has 0 radical (unpaired) electrons. The van der Waals surface area contributed by atoms with Crippen molar-refractivity contribution in [2.75, 3.05) is 10.0 Å². The number of nitrogens with zero attached hydrogens (tertiary/aromatic N) is 2. The largest absolute Gasteiger partial charge is 0.366 e. The molecule has 0 saturated heterocycles. The number of anilines is 2. The molecule has 2 aromatic heterocycles. The third kappa shape index (κ3) is 3.83. The van der Waals surface area contributed by atoms with Crippen molar-refractivity contribution >= 4 is 21.5 Å². The van der Waals surface area contributed by atoms with Gasteiger partial charge in [-0.2, -0.15) is 5.10 Å². The summed E-state index contributed by atoms with van der Waals surface area (Å²) in [4.78, 5) is 4.27. The quantitative estimate of drug-likeness (QED) is 0.615. The molecule has 0 unspecified atom stereocenters. The first-order chi connectivity index (χ1) is 12.4. The minimum Gasteiger partial charge on any atom is -0.366 e. The summed E-state index contributed by atoms with van der Waals surface area (Å²) in [7, 11) is -3.76. The van der Waals surface area contributed by atoms with Crippen LogP contribution in [-0.4, -0.2) is 23.6 Å². The average Bonchev–Trinajstić information content (AvgIpc) is 2.94. The van der Waals surface area contributed by atoms with Crippen LogP contribution >= 0.6 is 0 Å². The van der Waals surface area contributed by atoms with Gasteiger partial charge in [0.25, 0.3) is 10.0 Å². The first-order valence-corrected chi connectivity index (χ1v) is 9.33. The van der Waals surface area contributed by atoms with Gasteiger partial charge in [0.15, 0.2) is 0 Å². The number of hydrogen-bond acceptors (Lipinski definition) is 5. The van der Waals surface area contributed by atoms with Crippen molar-refractivity contribution < 1.29 is 12.8 Å². The van der Waals surface area contributed by atoms with Crippen molar-refractivity contribution in [3.05, 3.63) is 65.4 Å². The van der Waals surface area contributed by atoms with Gasteiger partial charge in [-0.05, 0) is 32.0 Å². The number of hydrogen-bond donors (Lipinski definition) is 3. The fourth-order valence-electron chi connectivity index (χ4n) is 2.53. The monoisotopic (exact) mass is 375 g/mol. The maximum atomic E-state index is 13.6. The predicted octanol–water partition coefficient (Wildman–Crippen LogP) is 2.97. The number of rotatable bonds is 6. The number of pyridine rings is 1. The highest BCUT2D eigenvalue weighted by Crippen LogP contribution is 2.21. The molecule has 26 heavy (non-hydrogen) atoms. The summed E-state index contributed by atoms with van der Waals surface area (Å²) in [6.07, 6.45) is 1.39. The minimum absolute atomic E-state index is 0.124. The molecular formula is C17H18FN5O2S. The Morgan fingerprint density at radius 2 is 1.92 bits per heavy atom. The fraction of sp³-hybridized carbons (Fsp3) is 0.176. The summed E-state index contributed by atoms with van der Waals surface area (Å²) in [5, 5.41) is 9.54. The number of aromatic amines is 1. The molecule has 3 N–H and O–H groups in total. The molecule has 1 aromatic carbocycles. The van der Waals surface area contributed by atoms with Gasteiger partial charge in [-0.3, -0.25) is 9.82 Å². The SMILES string of the molecule is Cc1n[nH]c(C)c1S(=O)(=O)Nc1ccc(NCc2ccccc2F)nc1. The number of H-pyrrole nitrogens is 1. The van der Waals surface area contributed by atoms with E-state index in [9.17, 15) is 12.8 Å². The van der Waals surface area contributed by atoms with E-state index in [-0.39, 0.29) is 17.3 Å². The lowest BCUT2D eigenvalue weighted by atomic mass is 10.2. The topological polar surface area (TPSA) is 99.8 Å². The van der Waals surface area contributed by atoms with Gasteiger partial charge in [-0.25, -0.2) is 17.8 Å². The summed E-state index contributed by atoms with van der Waals surface area (Å²) in [6.45, 7) is 3.53. The molecule has 136 valence electrons. The van der Waals surface area contributed by atoms with Crippen LogP contribution < -0.4 is 10.0 Å². The highest BCUT2D eigenvalue weighted by molar-refractivity contribution is 7.92. The van der Waals surface area contributed by atoms with Gasteiger partial charge in [0.2, 0.25) is 0 Å². The Hall–Kier alpha value is -2.94. The molecule has 9 heteroatoms. The second-order valence-corrected chi connectivity index (χ2v) is 7.36. The van der Waals surface area contributed by atoms with Crippen LogP contribution in [0.5, 0.6) is 0 Å². The molecule has 3 aromatic rings. The van der Waals surface area contributed by atoms with E-state index in [4.69, 9.17) is 0 Å². The first-order valence-electron chi connectivity index (χ1n) is 7.84. The van der Waals surface area contributed by atoms with Crippen LogP contribution in [0.25, 0.3) is 0 Å². The van der Waals surface area contributed by atoms with E-state index in [1.54, 1.807) is 44.2 Å². The van der Waals surface area contributed by atoms with E-state index in [1.807, 2.05) is 0 Å². The molecule has 0 spiro atoms. The van der Waals surface area contributed by atoms with Gasteiger partial charge in [-0.1, -0.05) is 18.2 Å². The number of benzene rings is 1. The van der Waals surface area contributed by atoms with Crippen molar-refractivity contribution in [1.82, 2.24) is 15.2 Å². The van der Waals surface area contributed by atoms with E-state index < -0.39 is 10.0 Å². The summed E-state index contributed by atoms with van der Waals surface area (Å²) in [6, 6.07) is 9.65. The molecule has 0 atom stereocenters. The van der Waals surface area contributed by atoms with Crippen molar-refractivity contribution in [1.29, 1.82) is 0 Å². The molecule has 0 aliphatic carbocycles. The van der Waals surface area contributed by atoms with Crippen molar-refractivity contribution in [2.45, 2.75) is 25.3 Å². The molecule has 2 heterocycles. The third-order valence-corrected chi connectivity index (χ3v) is 5.41. The zero-order valence-corrected chi connectivity index (χ0v) is 15.1. The van der Waals surface area contributed by atoms with Crippen LogP contribution in [0.2, 0.25) is 0 Å². The summed E-state index contributed by atoms with van der Waals surface area (Å²) in [5.41, 5.74) is 1.70. The summed E-state index contributed by atoms with van der Waals surface area (Å²) in [5.74, 6) is 0.210. The molecular weight excluding hydrogens is 357 g/mol. The molecule has 0 aliphatic heterocycles. The molecule has 0 amide bonds. The van der Waals surface area contributed by atoms with Crippen LogP contribution in [-0.2, 0) is 16.6 Å². The Labute approximate surface area is 150 Å². The van der Waals surface area contributed by atoms with E-state index in [0.717, 1.165) is 0 Å². The maximum absolute atomic E-state index is 13.6. The van der Waals surface area contributed by atoms with Crippen LogP contribution in [0.4, 0.5) is 15.9 Å². The van der Waals surface area contributed by atoms with Crippen molar-refractivity contribution in [3.63, 3.8) is 0 Å². The van der Waals surface area contributed by atoms with E-state index in [2.05, 4.69) is 25.2 Å². The van der Waals surface area contributed by atoms with Crippen LogP contribution in [0.1, 0.15) is 17.0 Å². The van der Waals surface area contributed by atoms with Crippen LogP contribution in [0.15, 0.2) is 47.5 Å². The number of nitrogens with one attached hydrogen (secondary N) is 3. The lowest BCUT2D eigenvalue weighted by molar-refractivity contribution is 0.600. The lowest BCUT2D eigenvalue weighted by Gasteiger charge is -2.10. The molecule has 0 fully saturated rings. The maximum Gasteiger partial charge on any atom is 0.265 e. The Kier molecular flexibility index (Phi) is 4.90. The number of halogens is 1. The third-order valence-electron chi connectivity index (χ3n) is 3.76. The molecule has 0 bridgehead atoms. The van der Waals surface area contributed by atoms with Crippen LogP contribution in [0, 0.1) is 19.7 Å². The van der Waals surface area contributed by atoms with Gasteiger partial charge < -0.3 is 5.32 Å². The Morgan fingerprint density at radius 3 is 2.54 bits per heavy atom. The average molecular weight is 375 g/mol. The number of aryl methyl sites for hydroxylation is 2. The van der Waals surface area contributed by atoms with E-state index in [0.29, 0.717) is 28.5 Å². The number of sulfonamides is 1. The molecule has 0 aliphatic rings. The second-order valence-electron chi connectivity index (χ2n) is 5.75. The molecule has 7 nitrogen and oxygen atoms in total. The summed E-state index contributed by atoms with van der Waals surface area (Å²) >= 11 is 0. The smallest absolute Gasteiger partial charge is 0.265 e. The second kappa shape index (κ2) is 7.12. The first kappa shape index (κ1) is 17.9. The Bertz CT molecular complexity index is 996.